The highest BCUT2D eigenvalue weighted by molar-refractivity contribution is 7.14. The van der Waals surface area contributed by atoms with Gasteiger partial charge in [0.05, 0.1) is 12.1 Å². The first kappa shape index (κ1) is 13.7. The van der Waals surface area contributed by atoms with E-state index in [-0.39, 0.29) is 5.91 Å². The maximum absolute atomic E-state index is 12.6. The largest absolute Gasteiger partial charge is 0.311 e. The number of amides is 1. The number of para-hydroxylation sites is 1. The number of anilines is 1. The lowest BCUT2D eigenvalue weighted by molar-refractivity contribution is -0.117. The minimum atomic E-state index is 0.132. The molecule has 5 heteroatoms. The van der Waals surface area contributed by atoms with Gasteiger partial charge in [-0.25, -0.2) is 4.98 Å². The third kappa shape index (κ3) is 2.46. The first-order valence-corrected chi connectivity index (χ1v) is 8.99. The van der Waals surface area contributed by atoms with Gasteiger partial charge in [0.15, 0.2) is 0 Å². The summed E-state index contributed by atoms with van der Waals surface area (Å²) >= 11 is 3.26. The SMILES string of the molecule is O=C(Cc1csc(-c2ccsc2)n1)N1CCc2ccccc21. The molecular formula is C17H14N2OS2. The summed E-state index contributed by atoms with van der Waals surface area (Å²) in [5.41, 5.74) is 4.31. The summed E-state index contributed by atoms with van der Waals surface area (Å²) in [4.78, 5) is 19.1. The van der Waals surface area contributed by atoms with Crippen LogP contribution in [0.5, 0.6) is 0 Å². The zero-order valence-corrected chi connectivity index (χ0v) is 13.5. The molecule has 110 valence electrons. The van der Waals surface area contributed by atoms with Crippen molar-refractivity contribution in [3.63, 3.8) is 0 Å². The number of rotatable bonds is 3. The van der Waals surface area contributed by atoms with Gasteiger partial charge < -0.3 is 4.90 Å². The van der Waals surface area contributed by atoms with Gasteiger partial charge in [-0.1, -0.05) is 18.2 Å². The van der Waals surface area contributed by atoms with E-state index in [1.54, 1.807) is 22.7 Å². The number of nitrogens with zero attached hydrogens (tertiary/aromatic N) is 2. The number of hydrogen-bond donors (Lipinski definition) is 0. The lowest BCUT2D eigenvalue weighted by Gasteiger charge is -2.16. The van der Waals surface area contributed by atoms with Crippen molar-refractivity contribution in [3.8, 4) is 10.6 Å². The Morgan fingerprint density at radius 3 is 3.00 bits per heavy atom. The third-order valence-corrected chi connectivity index (χ3v) is 5.46. The van der Waals surface area contributed by atoms with Crippen molar-refractivity contribution in [1.82, 2.24) is 4.98 Å². The summed E-state index contributed by atoms with van der Waals surface area (Å²) in [6.07, 6.45) is 1.31. The van der Waals surface area contributed by atoms with Crippen LogP contribution in [0.1, 0.15) is 11.3 Å². The lowest BCUT2D eigenvalue weighted by Crippen LogP contribution is -2.30. The molecule has 0 fully saturated rings. The zero-order valence-electron chi connectivity index (χ0n) is 11.9. The van der Waals surface area contributed by atoms with Crippen LogP contribution in [-0.4, -0.2) is 17.4 Å². The van der Waals surface area contributed by atoms with Crippen LogP contribution in [0.25, 0.3) is 10.6 Å². The molecule has 1 amide bonds. The summed E-state index contributed by atoms with van der Waals surface area (Å²) < 4.78 is 0. The van der Waals surface area contributed by atoms with Crippen molar-refractivity contribution in [2.45, 2.75) is 12.8 Å². The van der Waals surface area contributed by atoms with E-state index in [1.807, 2.05) is 33.9 Å². The minimum Gasteiger partial charge on any atom is -0.311 e. The zero-order chi connectivity index (χ0) is 14.9. The molecule has 0 spiro atoms. The Labute approximate surface area is 136 Å². The Morgan fingerprint density at radius 1 is 1.23 bits per heavy atom. The van der Waals surface area contributed by atoms with Gasteiger partial charge in [0.25, 0.3) is 0 Å². The van der Waals surface area contributed by atoms with Gasteiger partial charge >= 0.3 is 0 Å². The van der Waals surface area contributed by atoms with E-state index in [0.29, 0.717) is 6.42 Å². The van der Waals surface area contributed by atoms with Crippen molar-refractivity contribution in [2.24, 2.45) is 0 Å². The second kappa shape index (κ2) is 5.66. The monoisotopic (exact) mass is 326 g/mol. The van der Waals surface area contributed by atoms with Crippen molar-refractivity contribution in [1.29, 1.82) is 0 Å². The number of carbonyl (C=O) groups excluding carboxylic acids is 1. The molecule has 0 atom stereocenters. The lowest BCUT2D eigenvalue weighted by atomic mass is 10.2. The average Bonchev–Trinajstić information content (AvgIpc) is 3.27. The van der Waals surface area contributed by atoms with Gasteiger partial charge in [-0.15, -0.1) is 11.3 Å². The maximum Gasteiger partial charge on any atom is 0.233 e. The number of aromatic nitrogens is 1. The maximum atomic E-state index is 12.6. The first-order valence-electron chi connectivity index (χ1n) is 7.16. The number of benzene rings is 1. The summed E-state index contributed by atoms with van der Waals surface area (Å²) in [5.74, 6) is 0.132. The van der Waals surface area contributed by atoms with Crippen LogP contribution < -0.4 is 4.90 Å². The molecule has 22 heavy (non-hydrogen) atoms. The Morgan fingerprint density at radius 2 is 2.14 bits per heavy atom. The smallest absolute Gasteiger partial charge is 0.233 e. The van der Waals surface area contributed by atoms with Gasteiger partial charge in [0.1, 0.15) is 5.01 Å². The second-order valence-corrected chi connectivity index (χ2v) is 6.90. The number of thiazole rings is 1. The van der Waals surface area contributed by atoms with E-state index in [1.165, 1.54) is 5.56 Å². The van der Waals surface area contributed by atoms with Crippen molar-refractivity contribution < 1.29 is 4.79 Å². The molecule has 1 aliphatic heterocycles. The van der Waals surface area contributed by atoms with Gasteiger partial charge in [-0.2, -0.15) is 11.3 Å². The summed E-state index contributed by atoms with van der Waals surface area (Å²) in [5, 5.41) is 7.11. The van der Waals surface area contributed by atoms with Gasteiger partial charge in [0.2, 0.25) is 5.91 Å². The molecule has 0 N–H and O–H groups in total. The van der Waals surface area contributed by atoms with Crippen LogP contribution in [0.2, 0.25) is 0 Å². The van der Waals surface area contributed by atoms with Crippen molar-refractivity contribution >= 4 is 34.3 Å². The molecular weight excluding hydrogens is 312 g/mol. The molecule has 3 nitrogen and oxygen atoms in total. The number of hydrogen-bond acceptors (Lipinski definition) is 4. The van der Waals surface area contributed by atoms with E-state index >= 15 is 0 Å². The fourth-order valence-electron chi connectivity index (χ4n) is 2.75. The molecule has 0 radical (unpaired) electrons. The molecule has 0 aliphatic carbocycles. The van der Waals surface area contributed by atoms with E-state index in [9.17, 15) is 4.79 Å². The predicted octanol–water partition coefficient (Wildman–Crippen LogP) is 4.00. The van der Waals surface area contributed by atoms with E-state index in [2.05, 4.69) is 22.5 Å². The number of thiophene rings is 1. The van der Waals surface area contributed by atoms with Crippen molar-refractivity contribution in [3.05, 3.63) is 57.7 Å². The standard InChI is InChI=1S/C17H14N2OS2/c20-16(19-7-5-12-3-1-2-4-15(12)19)9-14-11-22-17(18-14)13-6-8-21-10-13/h1-4,6,8,10-11H,5,7,9H2. The fourth-order valence-corrected chi connectivity index (χ4v) is 4.29. The minimum absolute atomic E-state index is 0.132. The highest BCUT2D eigenvalue weighted by Gasteiger charge is 2.24. The highest BCUT2D eigenvalue weighted by atomic mass is 32.1. The average molecular weight is 326 g/mol. The quantitative estimate of drug-likeness (QED) is 0.729. The van der Waals surface area contributed by atoms with E-state index in [0.717, 1.165) is 34.9 Å². The Bertz CT molecular complexity index is 808. The summed E-state index contributed by atoms with van der Waals surface area (Å²) in [7, 11) is 0. The third-order valence-electron chi connectivity index (χ3n) is 3.84. The van der Waals surface area contributed by atoms with Gasteiger partial charge in [0, 0.05) is 28.6 Å². The Balaban J connectivity index is 1.51. The number of carbonyl (C=O) groups is 1. The van der Waals surface area contributed by atoms with Crippen LogP contribution in [0.3, 0.4) is 0 Å². The molecule has 4 rings (SSSR count). The molecule has 3 aromatic rings. The molecule has 1 aliphatic rings. The van der Waals surface area contributed by atoms with Crippen LogP contribution in [0, 0.1) is 0 Å². The van der Waals surface area contributed by atoms with Crippen molar-refractivity contribution in [2.75, 3.05) is 11.4 Å². The molecule has 2 aromatic heterocycles. The van der Waals surface area contributed by atoms with Gasteiger partial charge in [-0.05, 0) is 29.5 Å². The van der Waals surface area contributed by atoms with Crippen LogP contribution in [0.4, 0.5) is 5.69 Å². The fraction of sp³-hybridized carbons (Fsp3) is 0.176. The topological polar surface area (TPSA) is 33.2 Å². The van der Waals surface area contributed by atoms with Crippen LogP contribution in [0.15, 0.2) is 46.5 Å². The highest BCUT2D eigenvalue weighted by Crippen LogP contribution is 2.29. The van der Waals surface area contributed by atoms with Crippen LogP contribution >= 0.6 is 22.7 Å². The second-order valence-electron chi connectivity index (χ2n) is 5.26. The van der Waals surface area contributed by atoms with Crippen LogP contribution in [-0.2, 0) is 17.6 Å². The Kier molecular flexibility index (Phi) is 3.52. The predicted molar refractivity (Wildman–Crippen MR) is 91.6 cm³/mol. The number of fused-ring (bicyclic) bond motifs is 1. The van der Waals surface area contributed by atoms with E-state index in [4.69, 9.17) is 0 Å². The van der Waals surface area contributed by atoms with Gasteiger partial charge in [-0.3, -0.25) is 4.79 Å². The van der Waals surface area contributed by atoms with E-state index < -0.39 is 0 Å². The molecule has 0 saturated heterocycles. The first-order chi connectivity index (χ1) is 10.8. The molecule has 0 bridgehead atoms. The molecule has 0 unspecified atom stereocenters. The Hall–Kier alpha value is -1.98. The normalized spacial score (nSPS) is 13.4. The molecule has 3 heterocycles. The molecule has 0 saturated carbocycles. The summed E-state index contributed by atoms with van der Waals surface area (Å²) in [6, 6.07) is 10.2. The summed E-state index contributed by atoms with van der Waals surface area (Å²) in [6.45, 7) is 0.777. The molecule has 1 aromatic carbocycles.